The Morgan fingerprint density at radius 2 is 1.83 bits per heavy atom. The second kappa shape index (κ2) is 8.77. The van der Waals surface area contributed by atoms with Gasteiger partial charge in [0.25, 0.3) is 11.5 Å². The predicted molar refractivity (Wildman–Crippen MR) is 112 cm³/mol. The fourth-order valence-electron chi connectivity index (χ4n) is 3.15. The van der Waals surface area contributed by atoms with Gasteiger partial charge in [-0.1, -0.05) is 32.0 Å². The number of hydrogen-bond donors (Lipinski definition) is 1. The third-order valence-electron chi connectivity index (χ3n) is 4.55. The van der Waals surface area contributed by atoms with Gasteiger partial charge in [-0.15, -0.1) is 0 Å². The highest BCUT2D eigenvalue weighted by Crippen LogP contribution is 2.24. The van der Waals surface area contributed by atoms with Crippen LogP contribution < -0.4 is 20.3 Å². The normalized spacial score (nSPS) is 10.9. The molecule has 0 atom stereocenters. The molecule has 0 aliphatic heterocycles. The summed E-state index contributed by atoms with van der Waals surface area (Å²) >= 11 is 0. The monoisotopic (exact) mass is 395 g/mol. The molecule has 1 aromatic heterocycles. The van der Waals surface area contributed by atoms with Crippen LogP contribution in [0.1, 0.15) is 29.9 Å². The Kier molecular flexibility index (Phi) is 6.16. The van der Waals surface area contributed by atoms with Gasteiger partial charge in [0.1, 0.15) is 11.5 Å². The van der Waals surface area contributed by atoms with Crippen molar-refractivity contribution in [2.24, 2.45) is 5.92 Å². The highest BCUT2D eigenvalue weighted by Gasteiger charge is 2.17. The first-order chi connectivity index (χ1) is 13.9. The van der Waals surface area contributed by atoms with Crippen LogP contribution in [0.5, 0.6) is 11.5 Å². The van der Waals surface area contributed by atoms with Crippen LogP contribution in [0.3, 0.4) is 0 Å². The van der Waals surface area contributed by atoms with Gasteiger partial charge in [0.05, 0.1) is 19.6 Å². The zero-order valence-electron chi connectivity index (χ0n) is 17.1. The van der Waals surface area contributed by atoms with Gasteiger partial charge in [0.2, 0.25) is 0 Å². The number of methoxy groups -OCH3 is 2. The molecule has 1 amide bonds. The van der Waals surface area contributed by atoms with Gasteiger partial charge in [-0.05, 0) is 30.2 Å². The van der Waals surface area contributed by atoms with Crippen LogP contribution in [-0.4, -0.2) is 29.9 Å². The number of fused-ring (bicyclic) bond motifs is 1. The fourth-order valence-corrected chi connectivity index (χ4v) is 3.15. The Hall–Kier alpha value is -3.35. The second-order valence-electron chi connectivity index (χ2n) is 7.14. The molecule has 0 saturated heterocycles. The summed E-state index contributed by atoms with van der Waals surface area (Å²) in [7, 11) is 3.15. The summed E-state index contributed by atoms with van der Waals surface area (Å²) in [4.78, 5) is 25.7. The van der Waals surface area contributed by atoms with E-state index in [4.69, 9.17) is 9.47 Å². The number of carbonyl (C=O) groups excluding carboxylic acids is 1. The molecule has 0 aliphatic carbocycles. The van der Waals surface area contributed by atoms with Gasteiger partial charge in [-0.25, -0.2) is 4.68 Å². The van der Waals surface area contributed by atoms with Crippen molar-refractivity contribution in [1.29, 1.82) is 0 Å². The van der Waals surface area contributed by atoms with Gasteiger partial charge in [-0.3, -0.25) is 9.59 Å². The van der Waals surface area contributed by atoms with E-state index in [0.29, 0.717) is 28.8 Å². The number of benzene rings is 2. The van der Waals surface area contributed by atoms with Gasteiger partial charge in [-0.2, -0.15) is 5.10 Å². The molecule has 152 valence electrons. The van der Waals surface area contributed by atoms with E-state index in [-0.39, 0.29) is 29.6 Å². The maximum Gasteiger partial charge on any atom is 0.274 e. The molecule has 0 bridgehead atoms. The van der Waals surface area contributed by atoms with Crippen LogP contribution in [0.2, 0.25) is 0 Å². The minimum absolute atomic E-state index is 0.194. The molecular weight excluding hydrogens is 370 g/mol. The molecule has 29 heavy (non-hydrogen) atoms. The molecule has 0 fully saturated rings. The second-order valence-corrected chi connectivity index (χ2v) is 7.14. The fraction of sp³-hybridized carbons (Fsp3) is 0.318. The molecule has 0 unspecified atom stereocenters. The van der Waals surface area contributed by atoms with Crippen molar-refractivity contribution >= 4 is 16.7 Å². The molecule has 0 radical (unpaired) electrons. The number of nitrogens with zero attached hydrogens (tertiary/aromatic N) is 2. The third kappa shape index (κ3) is 4.39. The van der Waals surface area contributed by atoms with Crippen LogP contribution >= 0.6 is 0 Å². The first-order valence-electron chi connectivity index (χ1n) is 9.43. The van der Waals surface area contributed by atoms with Crippen molar-refractivity contribution in [2.75, 3.05) is 14.2 Å². The SMILES string of the molecule is COc1ccc(OC)c(CNC(=O)c2nn(CC(C)C)c(=O)c3ccccc23)c1. The van der Waals surface area contributed by atoms with E-state index in [0.717, 1.165) is 5.56 Å². The Morgan fingerprint density at radius 1 is 1.10 bits per heavy atom. The number of rotatable bonds is 7. The van der Waals surface area contributed by atoms with Gasteiger partial charge in [0.15, 0.2) is 5.69 Å². The molecule has 2 aromatic carbocycles. The zero-order chi connectivity index (χ0) is 21.0. The van der Waals surface area contributed by atoms with E-state index in [2.05, 4.69) is 10.4 Å². The van der Waals surface area contributed by atoms with Crippen molar-refractivity contribution in [3.63, 3.8) is 0 Å². The van der Waals surface area contributed by atoms with Crippen molar-refractivity contribution in [1.82, 2.24) is 15.1 Å². The molecule has 1 N–H and O–H groups in total. The van der Waals surface area contributed by atoms with Gasteiger partial charge < -0.3 is 14.8 Å². The first-order valence-corrected chi connectivity index (χ1v) is 9.43. The highest BCUT2D eigenvalue weighted by atomic mass is 16.5. The Bertz CT molecular complexity index is 1090. The first kappa shape index (κ1) is 20.4. The zero-order valence-corrected chi connectivity index (χ0v) is 17.1. The van der Waals surface area contributed by atoms with Crippen molar-refractivity contribution in [3.8, 4) is 11.5 Å². The minimum Gasteiger partial charge on any atom is -0.497 e. The summed E-state index contributed by atoms with van der Waals surface area (Å²) in [6.07, 6.45) is 0. The summed E-state index contributed by atoms with van der Waals surface area (Å²) in [5, 5.41) is 8.26. The lowest BCUT2D eigenvalue weighted by molar-refractivity contribution is 0.0944. The van der Waals surface area contributed by atoms with Crippen molar-refractivity contribution in [3.05, 3.63) is 64.1 Å². The van der Waals surface area contributed by atoms with Gasteiger partial charge >= 0.3 is 0 Å². The lowest BCUT2D eigenvalue weighted by Gasteiger charge is -2.14. The summed E-state index contributed by atoms with van der Waals surface area (Å²) in [5.74, 6) is 1.18. The van der Waals surface area contributed by atoms with Crippen LogP contribution in [0.4, 0.5) is 0 Å². The Labute approximate surface area is 169 Å². The van der Waals surface area contributed by atoms with Crippen LogP contribution in [0.15, 0.2) is 47.3 Å². The number of carbonyl (C=O) groups is 1. The van der Waals surface area contributed by atoms with E-state index in [1.54, 1.807) is 50.6 Å². The van der Waals surface area contributed by atoms with Crippen LogP contribution in [-0.2, 0) is 13.1 Å². The Balaban J connectivity index is 1.95. The molecule has 3 rings (SSSR count). The summed E-state index contributed by atoms with van der Waals surface area (Å²) in [6, 6.07) is 12.4. The molecule has 3 aromatic rings. The molecular formula is C22H25N3O4. The largest absolute Gasteiger partial charge is 0.497 e. The predicted octanol–water partition coefficient (Wildman–Crippen LogP) is 3.00. The quantitative estimate of drug-likeness (QED) is 0.665. The summed E-state index contributed by atoms with van der Waals surface area (Å²) < 4.78 is 12.0. The van der Waals surface area contributed by atoms with Crippen molar-refractivity contribution in [2.45, 2.75) is 26.9 Å². The smallest absolute Gasteiger partial charge is 0.274 e. The van der Waals surface area contributed by atoms with E-state index in [1.807, 2.05) is 19.9 Å². The van der Waals surface area contributed by atoms with E-state index in [1.165, 1.54) is 4.68 Å². The molecule has 1 heterocycles. The number of hydrogen-bond acceptors (Lipinski definition) is 5. The van der Waals surface area contributed by atoms with E-state index in [9.17, 15) is 9.59 Å². The summed E-state index contributed by atoms with van der Waals surface area (Å²) in [6.45, 7) is 4.67. The molecule has 7 nitrogen and oxygen atoms in total. The molecule has 0 aliphatic rings. The van der Waals surface area contributed by atoms with Crippen molar-refractivity contribution < 1.29 is 14.3 Å². The molecule has 7 heteroatoms. The molecule has 0 spiro atoms. The standard InChI is InChI=1S/C22H25N3O4/c1-14(2)13-25-22(27)18-8-6-5-7-17(18)20(24-25)21(26)23-12-15-11-16(28-3)9-10-19(15)29-4/h5-11,14H,12-13H2,1-4H3,(H,23,26). The maximum absolute atomic E-state index is 13.0. The van der Waals surface area contributed by atoms with E-state index >= 15 is 0 Å². The number of aromatic nitrogens is 2. The Morgan fingerprint density at radius 3 is 2.48 bits per heavy atom. The highest BCUT2D eigenvalue weighted by molar-refractivity contribution is 6.04. The lowest BCUT2D eigenvalue weighted by atomic mass is 10.1. The average Bonchev–Trinajstić information content (AvgIpc) is 2.73. The lowest BCUT2D eigenvalue weighted by Crippen LogP contribution is -2.31. The minimum atomic E-state index is -0.358. The molecule has 0 saturated carbocycles. The number of nitrogens with one attached hydrogen (secondary N) is 1. The van der Waals surface area contributed by atoms with Crippen LogP contribution in [0, 0.1) is 5.92 Å². The topological polar surface area (TPSA) is 82.4 Å². The van der Waals surface area contributed by atoms with Crippen LogP contribution in [0.25, 0.3) is 10.8 Å². The van der Waals surface area contributed by atoms with E-state index < -0.39 is 0 Å². The average molecular weight is 395 g/mol. The number of ether oxygens (including phenoxy) is 2. The maximum atomic E-state index is 13.0. The third-order valence-corrected chi connectivity index (χ3v) is 4.55. The van der Waals surface area contributed by atoms with Gasteiger partial charge in [0, 0.05) is 24.0 Å². The number of amides is 1. The summed E-state index contributed by atoms with van der Waals surface area (Å²) in [5.41, 5.74) is 0.808.